The fourth-order valence-corrected chi connectivity index (χ4v) is 4.06. The number of carbonyl (C=O) groups is 1. The van der Waals surface area contributed by atoms with Crippen LogP contribution < -0.4 is 8.92 Å². The number of benzene rings is 2. The highest BCUT2D eigenvalue weighted by atomic mass is 32.2. The summed E-state index contributed by atoms with van der Waals surface area (Å²) in [4.78, 5) is 14.6. The lowest BCUT2D eigenvalue weighted by Crippen LogP contribution is -2.33. The first kappa shape index (κ1) is 22.2. The Morgan fingerprint density at radius 3 is 2.17 bits per heavy atom. The normalized spacial score (nSPS) is 13.9. The van der Waals surface area contributed by atoms with Crippen LogP contribution in [0.4, 0.5) is 0 Å². The molecule has 0 aliphatic heterocycles. The van der Waals surface area contributed by atoms with E-state index in [1.54, 1.807) is 36.4 Å². The number of hydrogen-bond donors (Lipinski definition) is 0. The molecule has 0 N–H and O–H groups in total. The molecule has 2 aromatic carbocycles. The molecule has 1 amide bonds. The zero-order valence-electron chi connectivity index (χ0n) is 17.7. The molecule has 162 valence electrons. The van der Waals surface area contributed by atoms with Gasteiger partial charge in [-0.1, -0.05) is 26.0 Å². The number of carbonyl (C=O) groups excluding carboxylic acids is 1. The molecule has 1 saturated carbocycles. The molecule has 0 saturated heterocycles. The van der Waals surface area contributed by atoms with Gasteiger partial charge in [0.1, 0.15) is 16.4 Å². The van der Waals surface area contributed by atoms with Crippen molar-refractivity contribution in [3.8, 4) is 11.5 Å². The molecule has 0 spiro atoms. The molecule has 2 aromatic rings. The number of ether oxygens (including phenoxy) is 1. The predicted molar refractivity (Wildman–Crippen MR) is 115 cm³/mol. The quantitative estimate of drug-likeness (QED) is 0.526. The van der Waals surface area contributed by atoms with Gasteiger partial charge in [0.15, 0.2) is 0 Å². The van der Waals surface area contributed by atoms with Gasteiger partial charge in [-0.25, -0.2) is 0 Å². The van der Waals surface area contributed by atoms with Gasteiger partial charge in [0.05, 0.1) is 7.11 Å². The molecule has 0 atom stereocenters. The highest BCUT2D eigenvalue weighted by molar-refractivity contribution is 7.87. The van der Waals surface area contributed by atoms with E-state index in [-0.39, 0.29) is 16.6 Å². The molecule has 30 heavy (non-hydrogen) atoms. The summed E-state index contributed by atoms with van der Waals surface area (Å²) in [5.74, 6) is 1.90. The van der Waals surface area contributed by atoms with Crippen molar-refractivity contribution in [2.75, 3.05) is 13.7 Å². The van der Waals surface area contributed by atoms with Crippen LogP contribution in [0.15, 0.2) is 53.4 Å². The Labute approximate surface area is 178 Å². The lowest BCUT2D eigenvalue weighted by molar-refractivity contribution is -0.132. The maximum absolute atomic E-state index is 12.6. The van der Waals surface area contributed by atoms with Crippen molar-refractivity contribution >= 4 is 16.0 Å². The van der Waals surface area contributed by atoms with Crippen LogP contribution in [0.5, 0.6) is 11.5 Å². The maximum atomic E-state index is 12.6. The zero-order chi connectivity index (χ0) is 21.7. The molecule has 1 aliphatic carbocycles. The average molecular weight is 432 g/mol. The molecule has 6 nitrogen and oxygen atoms in total. The Hall–Kier alpha value is -2.54. The third kappa shape index (κ3) is 6.23. The molecular weight excluding hydrogens is 402 g/mol. The molecule has 0 bridgehead atoms. The SMILES string of the molecule is COc1ccc(S(=O)(=O)Oc2ccc(CN(CC3CC3)C(=O)CC(C)C)cc2)cc1. The second-order valence-electron chi connectivity index (χ2n) is 8.17. The van der Waals surface area contributed by atoms with Crippen molar-refractivity contribution in [1.82, 2.24) is 4.90 Å². The van der Waals surface area contributed by atoms with E-state index in [2.05, 4.69) is 0 Å². The van der Waals surface area contributed by atoms with Crippen LogP contribution in [0.25, 0.3) is 0 Å². The fourth-order valence-electron chi connectivity index (χ4n) is 3.13. The van der Waals surface area contributed by atoms with Gasteiger partial charge in [-0.05, 0) is 66.6 Å². The Bertz CT molecular complexity index is 948. The van der Waals surface area contributed by atoms with E-state index in [0.717, 1.165) is 12.1 Å². The van der Waals surface area contributed by atoms with Gasteiger partial charge >= 0.3 is 10.1 Å². The number of amides is 1. The summed E-state index contributed by atoms with van der Waals surface area (Å²) < 4.78 is 35.2. The molecule has 1 fully saturated rings. The van der Waals surface area contributed by atoms with E-state index >= 15 is 0 Å². The molecule has 0 radical (unpaired) electrons. The van der Waals surface area contributed by atoms with Gasteiger partial charge in [0.25, 0.3) is 0 Å². The summed E-state index contributed by atoms with van der Waals surface area (Å²) in [5.41, 5.74) is 0.946. The standard InChI is InChI=1S/C23H29NO5S/c1-17(2)14-23(25)24(15-18-4-5-18)16-19-6-8-21(9-7-19)29-30(26,27)22-12-10-20(28-3)11-13-22/h6-13,17-18H,4-5,14-16H2,1-3H3. The van der Waals surface area contributed by atoms with E-state index in [9.17, 15) is 13.2 Å². The summed E-state index contributed by atoms with van der Waals surface area (Å²) in [5, 5.41) is 0. The van der Waals surface area contributed by atoms with Gasteiger partial charge < -0.3 is 13.8 Å². The third-order valence-corrected chi connectivity index (χ3v) is 6.22. The van der Waals surface area contributed by atoms with Crippen LogP contribution >= 0.6 is 0 Å². The van der Waals surface area contributed by atoms with Crippen LogP contribution in [0.2, 0.25) is 0 Å². The Kier molecular flexibility index (Phi) is 7.02. The Morgan fingerprint density at radius 2 is 1.63 bits per heavy atom. The maximum Gasteiger partial charge on any atom is 0.339 e. The van der Waals surface area contributed by atoms with Gasteiger partial charge in [-0.15, -0.1) is 0 Å². The summed E-state index contributed by atoms with van der Waals surface area (Å²) in [7, 11) is -2.41. The summed E-state index contributed by atoms with van der Waals surface area (Å²) in [6.07, 6.45) is 2.90. The van der Waals surface area contributed by atoms with E-state index in [1.165, 1.54) is 32.1 Å². The van der Waals surface area contributed by atoms with Gasteiger partial charge in [-0.3, -0.25) is 4.79 Å². The van der Waals surface area contributed by atoms with Gasteiger partial charge in [-0.2, -0.15) is 8.42 Å². The minimum atomic E-state index is -3.93. The average Bonchev–Trinajstić information content (AvgIpc) is 3.52. The summed E-state index contributed by atoms with van der Waals surface area (Å²) in [6, 6.07) is 12.9. The first-order valence-electron chi connectivity index (χ1n) is 10.2. The van der Waals surface area contributed by atoms with Crippen LogP contribution in [0.3, 0.4) is 0 Å². The van der Waals surface area contributed by atoms with E-state index in [4.69, 9.17) is 8.92 Å². The highest BCUT2D eigenvalue weighted by Crippen LogP contribution is 2.31. The second-order valence-corrected chi connectivity index (χ2v) is 9.72. The van der Waals surface area contributed by atoms with Crippen LogP contribution in [-0.4, -0.2) is 32.9 Å². The van der Waals surface area contributed by atoms with Gasteiger partial charge in [0, 0.05) is 19.5 Å². The van der Waals surface area contributed by atoms with E-state index < -0.39 is 10.1 Å². The van der Waals surface area contributed by atoms with Gasteiger partial charge in [0.2, 0.25) is 5.91 Å². The number of hydrogen-bond acceptors (Lipinski definition) is 5. The van der Waals surface area contributed by atoms with E-state index in [1.807, 2.05) is 18.7 Å². The van der Waals surface area contributed by atoms with Crippen molar-refractivity contribution in [3.05, 3.63) is 54.1 Å². The topological polar surface area (TPSA) is 72.9 Å². The Morgan fingerprint density at radius 1 is 1.03 bits per heavy atom. The molecule has 7 heteroatoms. The molecule has 0 heterocycles. The van der Waals surface area contributed by atoms with Crippen molar-refractivity contribution in [1.29, 1.82) is 0 Å². The number of methoxy groups -OCH3 is 1. The van der Waals surface area contributed by atoms with Crippen molar-refractivity contribution < 1.29 is 22.1 Å². The first-order valence-corrected chi connectivity index (χ1v) is 11.6. The molecule has 0 aromatic heterocycles. The number of nitrogens with zero attached hydrogens (tertiary/aromatic N) is 1. The fraction of sp³-hybridized carbons (Fsp3) is 0.435. The van der Waals surface area contributed by atoms with Crippen LogP contribution in [-0.2, 0) is 21.5 Å². The highest BCUT2D eigenvalue weighted by Gasteiger charge is 2.27. The second kappa shape index (κ2) is 9.51. The summed E-state index contributed by atoms with van der Waals surface area (Å²) >= 11 is 0. The van der Waals surface area contributed by atoms with E-state index in [0.29, 0.717) is 30.6 Å². The van der Waals surface area contributed by atoms with Crippen LogP contribution in [0, 0.1) is 11.8 Å². The van der Waals surface area contributed by atoms with Crippen molar-refractivity contribution in [2.45, 2.75) is 44.6 Å². The van der Waals surface area contributed by atoms with Crippen molar-refractivity contribution in [3.63, 3.8) is 0 Å². The molecule has 0 unspecified atom stereocenters. The lowest BCUT2D eigenvalue weighted by Gasteiger charge is -2.24. The monoisotopic (exact) mass is 431 g/mol. The first-order chi connectivity index (χ1) is 14.3. The molecule has 3 rings (SSSR count). The smallest absolute Gasteiger partial charge is 0.339 e. The third-order valence-electron chi connectivity index (χ3n) is 4.96. The lowest BCUT2D eigenvalue weighted by atomic mass is 10.1. The van der Waals surface area contributed by atoms with Crippen LogP contribution in [0.1, 0.15) is 38.7 Å². The Balaban J connectivity index is 1.66. The largest absolute Gasteiger partial charge is 0.497 e. The minimum absolute atomic E-state index is 0.0577. The summed E-state index contributed by atoms with van der Waals surface area (Å²) in [6.45, 7) is 5.40. The minimum Gasteiger partial charge on any atom is -0.497 e. The molecule has 1 aliphatic rings. The zero-order valence-corrected chi connectivity index (χ0v) is 18.5. The predicted octanol–water partition coefficient (Wildman–Crippen LogP) is 4.25. The number of rotatable bonds is 10. The molecular formula is C23H29NO5S. The van der Waals surface area contributed by atoms with Crippen molar-refractivity contribution in [2.24, 2.45) is 11.8 Å².